The summed E-state index contributed by atoms with van der Waals surface area (Å²) in [4.78, 5) is 12.5. The highest BCUT2D eigenvalue weighted by molar-refractivity contribution is 9.10. The maximum Gasteiger partial charge on any atom is 0.255 e. The molecule has 0 fully saturated rings. The third-order valence-corrected chi connectivity index (χ3v) is 3.99. The van der Waals surface area contributed by atoms with Crippen molar-refractivity contribution in [3.05, 3.63) is 51.0 Å². The Kier molecular flexibility index (Phi) is 5.91. The average Bonchev–Trinajstić information content (AvgIpc) is 2.51. The lowest BCUT2D eigenvalue weighted by Gasteiger charge is -2.14. The van der Waals surface area contributed by atoms with E-state index in [1.54, 1.807) is 12.1 Å². The SMILES string of the molecule is CCOc1c(Cl)cc(C(=O)Nc2ccc(Br)cc2C)cc1OC. The van der Waals surface area contributed by atoms with Gasteiger partial charge in [-0.1, -0.05) is 27.5 Å². The molecule has 1 N–H and O–H groups in total. The number of halogens is 2. The second-order valence-corrected chi connectivity index (χ2v) is 6.16. The van der Waals surface area contributed by atoms with E-state index in [-0.39, 0.29) is 5.91 Å². The van der Waals surface area contributed by atoms with E-state index in [9.17, 15) is 4.79 Å². The van der Waals surface area contributed by atoms with E-state index in [1.165, 1.54) is 7.11 Å². The molecule has 122 valence electrons. The number of carbonyl (C=O) groups is 1. The van der Waals surface area contributed by atoms with Crippen LogP contribution in [0.1, 0.15) is 22.8 Å². The monoisotopic (exact) mass is 397 g/mol. The van der Waals surface area contributed by atoms with Crippen molar-refractivity contribution in [3.63, 3.8) is 0 Å². The molecule has 2 aromatic carbocycles. The number of amides is 1. The topological polar surface area (TPSA) is 47.6 Å². The van der Waals surface area contributed by atoms with Crippen molar-refractivity contribution < 1.29 is 14.3 Å². The fourth-order valence-electron chi connectivity index (χ4n) is 2.10. The summed E-state index contributed by atoms with van der Waals surface area (Å²) < 4.78 is 11.7. The van der Waals surface area contributed by atoms with E-state index in [1.807, 2.05) is 32.0 Å². The van der Waals surface area contributed by atoms with Crippen LogP contribution in [0.25, 0.3) is 0 Å². The molecule has 1 amide bonds. The molecular weight excluding hydrogens is 382 g/mol. The molecule has 0 atom stereocenters. The molecule has 4 nitrogen and oxygen atoms in total. The smallest absolute Gasteiger partial charge is 0.255 e. The minimum absolute atomic E-state index is 0.265. The number of hydrogen-bond donors (Lipinski definition) is 1. The largest absolute Gasteiger partial charge is 0.493 e. The molecule has 0 aliphatic carbocycles. The molecule has 0 heterocycles. The Labute approximate surface area is 148 Å². The summed E-state index contributed by atoms with van der Waals surface area (Å²) in [5, 5.41) is 3.21. The lowest BCUT2D eigenvalue weighted by atomic mass is 10.1. The molecule has 0 unspecified atom stereocenters. The Balaban J connectivity index is 2.30. The van der Waals surface area contributed by atoms with Crippen LogP contribution in [-0.4, -0.2) is 19.6 Å². The van der Waals surface area contributed by atoms with Gasteiger partial charge in [0.05, 0.1) is 18.7 Å². The second kappa shape index (κ2) is 7.70. The Morgan fingerprint density at radius 2 is 2.04 bits per heavy atom. The number of methoxy groups -OCH3 is 1. The number of anilines is 1. The molecule has 0 aliphatic rings. The summed E-state index contributed by atoms with van der Waals surface area (Å²) in [6.07, 6.45) is 0. The quantitative estimate of drug-likeness (QED) is 0.765. The maximum absolute atomic E-state index is 12.5. The van der Waals surface area contributed by atoms with E-state index in [4.69, 9.17) is 21.1 Å². The van der Waals surface area contributed by atoms with E-state index in [2.05, 4.69) is 21.2 Å². The van der Waals surface area contributed by atoms with Crippen LogP contribution in [-0.2, 0) is 0 Å². The molecule has 23 heavy (non-hydrogen) atoms. The number of rotatable bonds is 5. The Morgan fingerprint density at radius 3 is 2.65 bits per heavy atom. The first-order valence-corrected chi connectivity index (χ1v) is 8.21. The van der Waals surface area contributed by atoms with Crippen molar-refractivity contribution in [2.45, 2.75) is 13.8 Å². The summed E-state index contributed by atoms with van der Waals surface area (Å²) in [7, 11) is 1.51. The van der Waals surface area contributed by atoms with Gasteiger partial charge in [0.15, 0.2) is 11.5 Å². The minimum atomic E-state index is -0.265. The molecule has 0 aromatic heterocycles. The standard InChI is InChI=1S/C17H17BrClNO3/c1-4-23-16-13(19)8-11(9-15(16)22-3)17(21)20-14-6-5-12(18)7-10(14)2/h5-9H,4H2,1-3H3,(H,20,21). The predicted octanol–water partition coefficient (Wildman–Crippen LogP) is 5.07. The fraction of sp³-hybridized carbons (Fsp3) is 0.235. The van der Waals surface area contributed by atoms with Gasteiger partial charge in [-0.2, -0.15) is 0 Å². The van der Waals surface area contributed by atoms with Crippen molar-refractivity contribution in [2.24, 2.45) is 0 Å². The van der Waals surface area contributed by atoms with Crippen LogP contribution in [0.2, 0.25) is 5.02 Å². The highest BCUT2D eigenvalue weighted by Crippen LogP contribution is 2.36. The van der Waals surface area contributed by atoms with E-state index < -0.39 is 0 Å². The number of benzene rings is 2. The first-order chi connectivity index (χ1) is 11.0. The number of hydrogen-bond acceptors (Lipinski definition) is 3. The van der Waals surface area contributed by atoms with Gasteiger partial charge < -0.3 is 14.8 Å². The molecular formula is C17H17BrClNO3. The third-order valence-electron chi connectivity index (χ3n) is 3.22. The van der Waals surface area contributed by atoms with Crippen LogP contribution >= 0.6 is 27.5 Å². The lowest BCUT2D eigenvalue weighted by molar-refractivity contribution is 0.102. The van der Waals surface area contributed by atoms with Crippen molar-refractivity contribution in [1.82, 2.24) is 0 Å². The third kappa shape index (κ3) is 4.18. The average molecular weight is 399 g/mol. The van der Waals surface area contributed by atoms with Crippen molar-refractivity contribution in [2.75, 3.05) is 19.0 Å². The maximum atomic E-state index is 12.5. The van der Waals surface area contributed by atoms with Gasteiger partial charge in [-0.15, -0.1) is 0 Å². The van der Waals surface area contributed by atoms with Gasteiger partial charge in [0, 0.05) is 15.7 Å². The van der Waals surface area contributed by atoms with E-state index >= 15 is 0 Å². The number of ether oxygens (including phenoxy) is 2. The Bertz CT molecular complexity index is 734. The van der Waals surface area contributed by atoms with Gasteiger partial charge in [-0.25, -0.2) is 0 Å². The summed E-state index contributed by atoms with van der Waals surface area (Å²) in [5.41, 5.74) is 2.09. The predicted molar refractivity (Wildman–Crippen MR) is 96.0 cm³/mol. The number of aryl methyl sites for hydroxylation is 1. The van der Waals surface area contributed by atoms with Gasteiger partial charge in [-0.05, 0) is 49.7 Å². The van der Waals surface area contributed by atoms with Gasteiger partial charge in [0.2, 0.25) is 0 Å². The summed E-state index contributed by atoms with van der Waals surface area (Å²) in [5.74, 6) is 0.601. The van der Waals surface area contributed by atoms with Crippen LogP contribution in [0.3, 0.4) is 0 Å². The summed E-state index contributed by atoms with van der Waals surface area (Å²) >= 11 is 9.60. The van der Waals surface area contributed by atoms with Crippen LogP contribution in [0.5, 0.6) is 11.5 Å². The molecule has 0 spiro atoms. The highest BCUT2D eigenvalue weighted by Gasteiger charge is 2.16. The van der Waals surface area contributed by atoms with Crippen molar-refractivity contribution in [1.29, 1.82) is 0 Å². The Hall–Kier alpha value is -1.72. The second-order valence-electron chi connectivity index (χ2n) is 4.84. The molecule has 0 saturated carbocycles. The zero-order chi connectivity index (χ0) is 17.0. The zero-order valence-corrected chi connectivity index (χ0v) is 15.4. The van der Waals surface area contributed by atoms with Crippen LogP contribution < -0.4 is 14.8 Å². The van der Waals surface area contributed by atoms with Crippen LogP contribution in [0.4, 0.5) is 5.69 Å². The summed E-state index contributed by atoms with van der Waals surface area (Å²) in [6, 6.07) is 8.82. The zero-order valence-electron chi connectivity index (χ0n) is 13.1. The van der Waals surface area contributed by atoms with Crippen molar-refractivity contribution >= 4 is 39.1 Å². The molecule has 2 aromatic rings. The van der Waals surface area contributed by atoms with Gasteiger partial charge in [0.1, 0.15) is 0 Å². The molecule has 2 rings (SSSR count). The normalized spacial score (nSPS) is 10.3. The first kappa shape index (κ1) is 17.6. The Morgan fingerprint density at radius 1 is 1.30 bits per heavy atom. The lowest BCUT2D eigenvalue weighted by Crippen LogP contribution is -2.13. The minimum Gasteiger partial charge on any atom is -0.493 e. The van der Waals surface area contributed by atoms with Gasteiger partial charge in [0.25, 0.3) is 5.91 Å². The molecule has 0 bridgehead atoms. The number of carbonyl (C=O) groups excluding carboxylic acids is 1. The highest BCUT2D eigenvalue weighted by atomic mass is 79.9. The van der Waals surface area contributed by atoms with Crippen LogP contribution in [0.15, 0.2) is 34.8 Å². The first-order valence-electron chi connectivity index (χ1n) is 7.04. The molecule has 6 heteroatoms. The molecule has 0 saturated heterocycles. The molecule has 0 aliphatic heterocycles. The van der Waals surface area contributed by atoms with E-state index in [0.29, 0.717) is 28.7 Å². The molecule has 0 radical (unpaired) electrons. The number of nitrogens with one attached hydrogen (secondary N) is 1. The van der Waals surface area contributed by atoms with E-state index in [0.717, 1.165) is 15.7 Å². The van der Waals surface area contributed by atoms with Crippen molar-refractivity contribution in [3.8, 4) is 11.5 Å². The fourth-order valence-corrected chi connectivity index (χ4v) is 2.84. The van der Waals surface area contributed by atoms with Crippen LogP contribution in [0, 0.1) is 6.92 Å². The van der Waals surface area contributed by atoms with Gasteiger partial charge >= 0.3 is 0 Å². The van der Waals surface area contributed by atoms with Gasteiger partial charge in [-0.3, -0.25) is 4.79 Å². The summed E-state index contributed by atoms with van der Waals surface area (Å²) in [6.45, 7) is 4.23.